The highest BCUT2D eigenvalue weighted by molar-refractivity contribution is 5.80. The van der Waals surface area contributed by atoms with Crippen LogP contribution in [0.5, 0.6) is 0 Å². The number of rotatable bonds is 3. The molecule has 1 rings (SSSR count). The molecule has 0 saturated carbocycles. The maximum absolute atomic E-state index is 13.3. The second kappa shape index (κ2) is 4.40. The number of carbonyl (C=O) groups is 1. The molecule has 4 heteroatoms. The van der Waals surface area contributed by atoms with Crippen LogP contribution in [0.1, 0.15) is 19.4 Å². The third-order valence-electron chi connectivity index (χ3n) is 2.07. The molecule has 0 fully saturated rings. The molecule has 1 N–H and O–H groups in total. The molecule has 1 atom stereocenters. The van der Waals surface area contributed by atoms with E-state index >= 15 is 0 Å². The minimum atomic E-state index is -1.94. The van der Waals surface area contributed by atoms with E-state index in [-0.39, 0.29) is 12.2 Å². The average Bonchev–Trinajstić information content (AvgIpc) is 2.18. The van der Waals surface area contributed by atoms with Crippen molar-refractivity contribution >= 4 is 5.97 Å². The van der Waals surface area contributed by atoms with Crippen molar-refractivity contribution in [1.82, 2.24) is 0 Å². The zero-order valence-electron chi connectivity index (χ0n) is 8.66. The molecule has 0 spiro atoms. The molecule has 0 heterocycles. The van der Waals surface area contributed by atoms with Crippen LogP contribution in [0.25, 0.3) is 0 Å². The molecule has 82 valence electrons. The summed E-state index contributed by atoms with van der Waals surface area (Å²) in [6.45, 7) is 2.97. The van der Waals surface area contributed by atoms with E-state index in [0.717, 1.165) is 0 Å². The van der Waals surface area contributed by atoms with Crippen LogP contribution in [-0.4, -0.2) is 17.7 Å². The Kier molecular flexibility index (Phi) is 3.42. The van der Waals surface area contributed by atoms with Crippen molar-refractivity contribution in [2.24, 2.45) is 0 Å². The standard InChI is InChI=1S/C11H13FO3/c1-3-15-10(13)11(2,14)8-6-4-5-7-9(8)12/h4-7,14H,3H2,1-2H3. The predicted molar refractivity (Wildman–Crippen MR) is 52.6 cm³/mol. The lowest BCUT2D eigenvalue weighted by Gasteiger charge is -2.21. The second-order valence-electron chi connectivity index (χ2n) is 3.27. The van der Waals surface area contributed by atoms with Gasteiger partial charge in [0.15, 0.2) is 5.60 Å². The van der Waals surface area contributed by atoms with Gasteiger partial charge in [-0.05, 0) is 19.9 Å². The smallest absolute Gasteiger partial charge is 0.342 e. The molecule has 0 aliphatic heterocycles. The lowest BCUT2D eigenvalue weighted by molar-refractivity contribution is -0.164. The summed E-state index contributed by atoms with van der Waals surface area (Å²) in [5.41, 5.74) is -2.02. The highest BCUT2D eigenvalue weighted by atomic mass is 19.1. The number of hydrogen-bond acceptors (Lipinski definition) is 3. The van der Waals surface area contributed by atoms with E-state index in [0.29, 0.717) is 0 Å². The van der Waals surface area contributed by atoms with Gasteiger partial charge in [0.2, 0.25) is 0 Å². The van der Waals surface area contributed by atoms with Crippen molar-refractivity contribution in [3.63, 3.8) is 0 Å². The summed E-state index contributed by atoms with van der Waals surface area (Å²) in [5, 5.41) is 9.85. The van der Waals surface area contributed by atoms with Crippen LogP contribution in [0.15, 0.2) is 24.3 Å². The largest absolute Gasteiger partial charge is 0.464 e. The molecule has 0 radical (unpaired) electrons. The van der Waals surface area contributed by atoms with E-state index in [9.17, 15) is 14.3 Å². The fourth-order valence-corrected chi connectivity index (χ4v) is 1.24. The van der Waals surface area contributed by atoms with Gasteiger partial charge in [0.1, 0.15) is 5.82 Å². The van der Waals surface area contributed by atoms with Gasteiger partial charge in [0.25, 0.3) is 0 Å². The fraction of sp³-hybridized carbons (Fsp3) is 0.364. The summed E-state index contributed by atoms with van der Waals surface area (Å²) in [7, 11) is 0. The SMILES string of the molecule is CCOC(=O)C(C)(O)c1ccccc1F. The molecule has 0 aliphatic carbocycles. The normalized spacial score (nSPS) is 14.4. The minimum Gasteiger partial charge on any atom is -0.464 e. The summed E-state index contributed by atoms with van der Waals surface area (Å²) < 4.78 is 18.0. The van der Waals surface area contributed by atoms with Crippen molar-refractivity contribution in [1.29, 1.82) is 0 Å². The number of halogens is 1. The van der Waals surface area contributed by atoms with E-state index in [2.05, 4.69) is 4.74 Å². The zero-order chi connectivity index (χ0) is 11.5. The van der Waals surface area contributed by atoms with Crippen LogP contribution in [-0.2, 0) is 15.1 Å². The monoisotopic (exact) mass is 212 g/mol. The molecule has 0 saturated heterocycles. The van der Waals surface area contributed by atoms with Gasteiger partial charge in [0, 0.05) is 5.56 Å². The Morgan fingerprint density at radius 3 is 2.67 bits per heavy atom. The molecule has 3 nitrogen and oxygen atoms in total. The third kappa shape index (κ3) is 2.33. The van der Waals surface area contributed by atoms with Crippen LogP contribution < -0.4 is 0 Å². The van der Waals surface area contributed by atoms with Crippen molar-refractivity contribution in [2.75, 3.05) is 6.61 Å². The van der Waals surface area contributed by atoms with E-state index < -0.39 is 17.4 Å². The van der Waals surface area contributed by atoms with E-state index in [4.69, 9.17) is 0 Å². The van der Waals surface area contributed by atoms with Crippen LogP contribution in [0.3, 0.4) is 0 Å². The first-order chi connectivity index (χ1) is 7.00. The molecule has 0 aliphatic rings. The van der Waals surface area contributed by atoms with E-state index in [1.807, 2.05) is 0 Å². The molecular formula is C11H13FO3. The molecule has 15 heavy (non-hydrogen) atoms. The quantitative estimate of drug-likeness (QED) is 0.774. The molecule has 1 unspecified atom stereocenters. The van der Waals surface area contributed by atoms with Crippen LogP contribution in [0, 0.1) is 5.82 Å². The Balaban J connectivity index is 3.05. The highest BCUT2D eigenvalue weighted by Gasteiger charge is 2.36. The first-order valence-corrected chi connectivity index (χ1v) is 4.64. The Labute approximate surface area is 87.5 Å². The minimum absolute atomic E-state index is 0.0801. The fourth-order valence-electron chi connectivity index (χ4n) is 1.24. The summed E-state index contributed by atoms with van der Waals surface area (Å²) >= 11 is 0. The van der Waals surface area contributed by atoms with Crippen molar-refractivity contribution in [3.05, 3.63) is 35.6 Å². The number of benzene rings is 1. The highest BCUT2D eigenvalue weighted by Crippen LogP contribution is 2.24. The van der Waals surface area contributed by atoms with Gasteiger partial charge in [0.05, 0.1) is 6.61 Å². The number of hydrogen-bond donors (Lipinski definition) is 1. The first kappa shape index (κ1) is 11.7. The van der Waals surface area contributed by atoms with Gasteiger partial charge in [-0.1, -0.05) is 18.2 Å². The predicted octanol–water partition coefficient (Wildman–Crippen LogP) is 1.60. The van der Waals surface area contributed by atoms with Crippen molar-refractivity contribution in [3.8, 4) is 0 Å². The summed E-state index contributed by atoms with van der Waals surface area (Å²) in [5.74, 6) is -1.48. The van der Waals surface area contributed by atoms with Gasteiger partial charge in [-0.15, -0.1) is 0 Å². The van der Waals surface area contributed by atoms with E-state index in [1.54, 1.807) is 13.0 Å². The molecule has 0 amide bonds. The Morgan fingerprint density at radius 1 is 1.53 bits per heavy atom. The Hall–Kier alpha value is -1.42. The maximum Gasteiger partial charge on any atom is 0.342 e. The topological polar surface area (TPSA) is 46.5 Å². The van der Waals surface area contributed by atoms with Gasteiger partial charge >= 0.3 is 5.97 Å². The summed E-state index contributed by atoms with van der Waals surface area (Å²) in [6, 6.07) is 5.57. The van der Waals surface area contributed by atoms with Crippen molar-refractivity contribution in [2.45, 2.75) is 19.4 Å². The van der Waals surface area contributed by atoms with Gasteiger partial charge in [-0.2, -0.15) is 0 Å². The number of aliphatic hydroxyl groups is 1. The molecule has 0 aromatic heterocycles. The molecule has 1 aromatic carbocycles. The maximum atomic E-state index is 13.3. The zero-order valence-corrected chi connectivity index (χ0v) is 8.66. The average molecular weight is 212 g/mol. The molecular weight excluding hydrogens is 199 g/mol. The Bertz CT molecular complexity index is 361. The van der Waals surface area contributed by atoms with Crippen molar-refractivity contribution < 1.29 is 19.0 Å². The van der Waals surface area contributed by atoms with E-state index in [1.165, 1.54) is 25.1 Å². The lowest BCUT2D eigenvalue weighted by Crippen LogP contribution is -2.35. The first-order valence-electron chi connectivity index (χ1n) is 4.64. The third-order valence-corrected chi connectivity index (χ3v) is 2.07. The van der Waals surface area contributed by atoms with Gasteiger partial charge < -0.3 is 9.84 Å². The number of esters is 1. The van der Waals surface area contributed by atoms with Gasteiger partial charge in [-0.3, -0.25) is 0 Å². The number of carbonyl (C=O) groups excluding carboxylic acids is 1. The second-order valence-corrected chi connectivity index (χ2v) is 3.27. The van der Waals surface area contributed by atoms with Crippen LogP contribution >= 0.6 is 0 Å². The molecule has 0 bridgehead atoms. The van der Waals surface area contributed by atoms with Crippen LogP contribution in [0.4, 0.5) is 4.39 Å². The Morgan fingerprint density at radius 2 is 2.13 bits per heavy atom. The molecule has 1 aromatic rings. The van der Waals surface area contributed by atoms with Crippen LogP contribution in [0.2, 0.25) is 0 Å². The lowest BCUT2D eigenvalue weighted by atomic mass is 9.96. The number of ether oxygens (including phenoxy) is 1. The summed E-state index contributed by atoms with van der Waals surface area (Å²) in [4.78, 5) is 11.4. The van der Waals surface area contributed by atoms with Gasteiger partial charge in [-0.25, -0.2) is 9.18 Å². The summed E-state index contributed by atoms with van der Waals surface area (Å²) in [6.07, 6.45) is 0.